The zero-order valence-corrected chi connectivity index (χ0v) is 18.2. The number of nitrogens with one attached hydrogen (secondary N) is 2. The largest absolute Gasteiger partial charge is 0.497 e. The molecule has 4 rings (SSSR count). The van der Waals surface area contributed by atoms with Crippen LogP contribution in [0.3, 0.4) is 0 Å². The molecule has 154 valence electrons. The van der Waals surface area contributed by atoms with Crippen LogP contribution >= 0.6 is 11.3 Å². The molecule has 0 aliphatic rings. The highest BCUT2D eigenvalue weighted by Gasteiger charge is 2.17. The maximum Gasteiger partial charge on any atom is 0.260 e. The smallest absolute Gasteiger partial charge is 0.260 e. The Morgan fingerprint density at radius 2 is 2.03 bits per heavy atom. The molecule has 2 N–H and O–H groups in total. The summed E-state index contributed by atoms with van der Waals surface area (Å²) in [6.07, 6.45) is 1.54. The Hall–Kier alpha value is -3.46. The first-order valence-corrected chi connectivity index (χ1v) is 10.2. The van der Waals surface area contributed by atoms with Crippen molar-refractivity contribution >= 4 is 39.2 Å². The lowest BCUT2D eigenvalue weighted by Crippen LogP contribution is -2.18. The number of carbonyl (C=O) groups excluding carboxylic acids is 1. The first-order chi connectivity index (χ1) is 14.4. The van der Waals surface area contributed by atoms with Crippen LogP contribution in [-0.4, -0.2) is 47.0 Å². The molecule has 0 aliphatic heterocycles. The lowest BCUT2D eigenvalue weighted by molar-refractivity contribution is 0.102. The van der Waals surface area contributed by atoms with Gasteiger partial charge in [-0.1, -0.05) is 0 Å². The topological polar surface area (TPSA) is 96.0 Å². The van der Waals surface area contributed by atoms with Crippen molar-refractivity contribution < 1.29 is 9.53 Å². The Balaban J connectivity index is 1.62. The molecule has 0 spiro atoms. The molecule has 0 atom stereocenters. The fraction of sp³-hybridized carbons (Fsp3) is 0.238. The molecule has 0 saturated heterocycles. The van der Waals surface area contributed by atoms with E-state index in [2.05, 4.69) is 25.3 Å². The standard InChI is InChI=1S/C21H22N6O2S/c1-11-15(9-22-20(24-11)27(3)4)19(28)26-21-25-17(10-30-21)18-12(2)23-16-7-6-13(29-5)8-14(16)18/h6-10,23H,1-5H3,(H,25,26,28). The Bertz CT molecular complexity index is 1240. The highest BCUT2D eigenvalue weighted by molar-refractivity contribution is 7.14. The van der Waals surface area contributed by atoms with E-state index in [1.54, 1.807) is 18.9 Å². The third-order valence-corrected chi connectivity index (χ3v) is 5.54. The van der Waals surface area contributed by atoms with Gasteiger partial charge in [-0.05, 0) is 32.0 Å². The zero-order chi connectivity index (χ0) is 21.4. The quantitative estimate of drug-likeness (QED) is 0.504. The van der Waals surface area contributed by atoms with Gasteiger partial charge in [0.1, 0.15) is 5.75 Å². The third kappa shape index (κ3) is 3.59. The molecule has 8 nitrogen and oxygen atoms in total. The molecule has 30 heavy (non-hydrogen) atoms. The Morgan fingerprint density at radius 1 is 1.23 bits per heavy atom. The average Bonchev–Trinajstić information content (AvgIpc) is 3.29. The first-order valence-electron chi connectivity index (χ1n) is 9.32. The minimum absolute atomic E-state index is 0.281. The summed E-state index contributed by atoms with van der Waals surface area (Å²) in [5.41, 5.74) is 4.84. The van der Waals surface area contributed by atoms with Gasteiger partial charge in [-0.3, -0.25) is 10.1 Å². The minimum Gasteiger partial charge on any atom is -0.497 e. The van der Waals surface area contributed by atoms with Crippen molar-refractivity contribution in [2.75, 3.05) is 31.4 Å². The molecule has 0 unspecified atom stereocenters. The van der Waals surface area contributed by atoms with E-state index in [-0.39, 0.29) is 5.91 Å². The molecular formula is C21H22N6O2S. The Labute approximate surface area is 178 Å². The van der Waals surface area contributed by atoms with Gasteiger partial charge in [0.2, 0.25) is 5.95 Å². The number of aromatic nitrogens is 4. The van der Waals surface area contributed by atoms with Crippen LogP contribution in [0.5, 0.6) is 5.75 Å². The van der Waals surface area contributed by atoms with Gasteiger partial charge in [0.05, 0.1) is 24.1 Å². The van der Waals surface area contributed by atoms with Crippen LogP contribution in [0.4, 0.5) is 11.1 Å². The normalized spacial score (nSPS) is 11.0. The van der Waals surface area contributed by atoms with Crippen molar-refractivity contribution in [1.82, 2.24) is 19.9 Å². The van der Waals surface area contributed by atoms with Crippen molar-refractivity contribution in [3.63, 3.8) is 0 Å². The second-order valence-corrected chi connectivity index (χ2v) is 7.95. The lowest BCUT2D eigenvalue weighted by atomic mass is 10.1. The van der Waals surface area contributed by atoms with Crippen molar-refractivity contribution in [3.8, 4) is 17.0 Å². The molecule has 9 heteroatoms. The van der Waals surface area contributed by atoms with Crippen molar-refractivity contribution in [3.05, 3.63) is 46.7 Å². The molecule has 0 saturated carbocycles. The Morgan fingerprint density at radius 3 is 2.73 bits per heavy atom. The Kier molecular flexibility index (Phi) is 5.13. The number of hydrogen-bond donors (Lipinski definition) is 2. The fourth-order valence-corrected chi connectivity index (χ4v) is 3.96. The fourth-order valence-electron chi connectivity index (χ4n) is 3.27. The molecule has 0 aliphatic carbocycles. The van der Waals surface area contributed by atoms with Crippen LogP contribution in [0.1, 0.15) is 21.7 Å². The highest BCUT2D eigenvalue weighted by Crippen LogP contribution is 2.35. The lowest BCUT2D eigenvalue weighted by Gasteiger charge is -2.11. The summed E-state index contributed by atoms with van der Waals surface area (Å²) in [5.74, 6) is 1.06. The number of hydrogen-bond acceptors (Lipinski definition) is 7. The van der Waals surface area contributed by atoms with E-state index in [0.29, 0.717) is 22.3 Å². The summed E-state index contributed by atoms with van der Waals surface area (Å²) in [5, 5.41) is 6.34. The van der Waals surface area contributed by atoms with Gasteiger partial charge < -0.3 is 14.6 Å². The molecule has 0 radical (unpaired) electrons. The minimum atomic E-state index is -0.281. The van der Waals surface area contributed by atoms with Gasteiger partial charge >= 0.3 is 0 Å². The summed E-state index contributed by atoms with van der Waals surface area (Å²) in [6, 6.07) is 5.89. The predicted octanol–water partition coefficient (Wildman–Crippen LogP) is 4.03. The number of carbonyl (C=O) groups is 1. The van der Waals surface area contributed by atoms with E-state index in [1.807, 2.05) is 44.6 Å². The molecule has 3 aromatic heterocycles. The van der Waals surface area contributed by atoms with Gasteiger partial charge in [0, 0.05) is 47.8 Å². The second-order valence-electron chi connectivity index (χ2n) is 7.09. The third-order valence-electron chi connectivity index (χ3n) is 4.79. The van der Waals surface area contributed by atoms with Crippen LogP contribution in [-0.2, 0) is 0 Å². The summed E-state index contributed by atoms with van der Waals surface area (Å²) < 4.78 is 5.36. The number of methoxy groups -OCH3 is 1. The van der Waals surface area contributed by atoms with E-state index in [9.17, 15) is 4.79 Å². The maximum absolute atomic E-state index is 12.7. The second kappa shape index (κ2) is 7.75. The number of aryl methyl sites for hydroxylation is 2. The van der Waals surface area contributed by atoms with E-state index in [4.69, 9.17) is 4.74 Å². The molecule has 3 heterocycles. The number of amides is 1. The van der Waals surface area contributed by atoms with E-state index < -0.39 is 0 Å². The SMILES string of the molecule is COc1ccc2[nH]c(C)c(-c3csc(NC(=O)c4cnc(N(C)C)nc4C)n3)c2c1. The van der Waals surface area contributed by atoms with Crippen LogP contribution in [0.15, 0.2) is 29.8 Å². The molecular weight excluding hydrogens is 400 g/mol. The van der Waals surface area contributed by atoms with Gasteiger partial charge in [0.15, 0.2) is 5.13 Å². The van der Waals surface area contributed by atoms with Crippen LogP contribution in [0.25, 0.3) is 22.2 Å². The van der Waals surface area contributed by atoms with E-state index >= 15 is 0 Å². The summed E-state index contributed by atoms with van der Waals surface area (Å²) in [4.78, 5) is 31.1. The van der Waals surface area contributed by atoms with Gasteiger partial charge in [-0.15, -0.1) is 11.3 Å². The van der Waals surface area contributed by atoms with Crippen molar-refractivity contribution in [2.45, 2.75) is 13.8 Å². The number of aromatic amines is 1. The van der Waals surface area contributed by atoms with Gasteiger partial charge in [-0.25, -0.2) is 15.0 Å². The number of nitrogens with zero attached hydrogens (tertiary/aromatic N) is 4. The molecule has 1 amide bonds. The van der Waals surface area contributed by atoms with Crippen LogP contribution in [0, 0.1) is 13.8 Å². The number of H-pyrrole nitrogens is 1. The first kappa shape index (κ1) is 19.8. The summed E-state index contributed by atoms with van der Waals surface area (Å²) in [7, 11) is 5.36. The number of fused-ring (bicyclic) bond motifs is 1. The number of thiazole rings is 1. The van der Waals surface area contributed by atoms with Gasteiger partial charge in [-0.2, -0.15) is 0 Å². The zero-order valence-electron chi connectivity index (χ0n) is 17.4. The monoisotopic (exact) mass is 422 g/mol. The summed E-state index contributed by atoms with van der Waals surface area (Å²) >= 11 is 1.37. The molecule has 0 fully saturated rings. The summed E-state index contributed by atoms with van der Waals surface area (Å²) in [6.45, 7) is 3.80. The van der Waals surface area contributed by atoms with E-state index in [1.165, 1.54) is 17.5 Å². The molecule has 1 aromatic carbocycles. The number of benzene rings is 1. The van der Waals surface area contributed by atoms with Gasteiger partial charge in [0.25, 0.3) is 5.91 Å². The number of anilines is 2. The number of rotatable bonds is 5. The van der Waals surface area contributed by atoms with Crippen LogP contribution < -0.4 is 15.0 Å². The van der Waals surface area contributed by atoms with Crippen molar-refractivity contribution in [1.29, 1.82) is 0 Å². The van der Waals surface area contributed by atoms with Crippen LogP contribution in [0.2, 0.25) is 0 Å². The molecule has 0 bridgehead atoms. The number of ether oxygens (including phenoxy) is 1. The predicted molar refractivity (Wildman–Crippen MR) is 120 cm³/mol. The molecule has 4 aromatic rings. The average molecular weight is 423 g/mol. The van der Waals surface area contributed by atoms with E-state index in [0.717, 1.165) is 33.6 Å². The van der Waals surface area contributed by atoms with Crippen molar-refractivity contribution in [2.24, 2.45) is 0 Å². The highest BCUT2D eigenvalue weighted by atomic mass is 32.1. The maximum atomic E-state index is 12.7.